The maximum atomic E-state index is 3.85. The Morgan fingerprint density at radius 3 is 2.19 bits per heavy atom. The van der Waals surface area contributed by atoms with E-state index < -0.39 is 0 Å². The lowest BCUT2D eigenvalue weighted by Crippen LogP contribution is -2.02. The average Bonchev–Trinajstić information content (AvgIpc) is 3.00. The lowest BCUT2D eigenvalue weighted by molar-refractivity contribution is 0.607. The minimum absolute atomic E-state index is 0.427. The van der Waals surface area contributed by atoms with Crippen LogP contribution in [-0.4, -0.2) is 7.85 Å². The van der Waals surface area contributed by atoms with Gasteiger partial charge in [0.15, 0.2) is 0 Å². The van der Waals surface area contributed by atoms with Gasteiger partial charge in [0.25, 0.3) is 0 Å². The second-order valence-corrected chi connectivity index (χ2v) is 12.2. The van der Waals surface area contributed by atoms with Crippen LogP contribution in [0.15, 0.2) is 121 Å². The highest BCUT2D eigenvalue weighted by atomic mass is 14.1. The van der Waals surface area contributed by atoms with Crippen molar-refractivity contribution < 1.29 is 0 Å². The first-order valence-corrected chi connectivity index (χ1v) is 17.2. The van der Waals surface area contributed by atoms with Gasteiger partial charge in [-0.2, -0.15) is 0 Å². The number of rotatable bonds is 21. The quantitative estimate of drug-likeness (QED) is 0.0593. The molecule has 0 saturated carbocycles. The van der Waals surface area contributed by atoms with Crippen molar-refractivity contribution in [3.8, 4) is 0 Å². The average molecular weight is 575 g/mol. The zero-order valence-electron chi connectivity index (χ0n) is 27.8. The Kier molecular flexibility index (Phi) is 19.7. The van der Waals surface area contributed by atoms with Crippen LogP contribution < -0.4 is 0 Å². The zero-order chi connectivity index (χ0) is 31.0. The molecule has 43 heavy (non-hydrogen) atoms. The van der Waals surface area contributed by atoms with Gasteiger partial charge in [0, 0.05) is 0 Å². The summed E-state index contributed by atoms with van der Waals surface area (Å²) in [6.45, 7) is 12.3. The molecule has 0 fully saturated rings. The molecular weight excluding hydrogens is 515 g/mol. The van der Waals surface area contributed by atoms with Crippen LogP contribution in [0.4, 0.5) is 0 Å². The molecule has 1 aromatic rings. The Hall–Kier alpha value is -3.06. The molecular formula is C42H59B. The number of unbranched alkanes of at least 4 members (excludes halogenated alkanes) is 4. The predicted molar refractivity (Wildman–Crippen MR) is 199 cm³/mol. The maximum absolute atomic E-state index is 3.85. The fourth-order valence-corrected chi connectivity index (χ4v) is 5.83. The van der Waals surface area contributed by atoms with Crippen LogP contribution in [0.5, 0.6) is 0 Å². The molecule has 1 atom stereocenters. The van der Waals surface area contributed by atoms with E-state index in [9.17, 15) is 0 Å². The highest BCUT2D eigenvalue weighted by Gasteiger charge is 2.11. The Labute approximate surface area is 267 Å². The first kappa shape index (κ1) is 36.1. The van der Waals surface area contributed by atoms with Crippen LogP contribution in [0.3, 0.4) is 0 Å². The third-order valence-electron chi connectivity index (χ3n) is 8.43. The third-order valence-corrected chi connectivity index (χ3v) is 8.43. The van der Waals surface area contributed by atoms with E-state index in [0.717, 1.165) is 32.1 Å². The molecule has 1 aliphatic rings. The van der Waals surface area contributed by atoms with Crippen molar-refractivity contribution in [3.05, 3.63) is 132 Å². The number of hydrogen-bond acceptors (Lipinski definition) is 0. The molecule has 0 bridgehead atoms. The largest absolute Gasteiger partial charge is 0.105 e. The summed E-state index contributed by atoms with van der Waals surface area (Å²) in [6.07, 6.45) is 45.7. The van der Waals surface area contributed by atoms with Crippen LogP contribution in [-0.2, 0) is 0 Å². The van der Waals surface area contributed by atoms with Gasteiger partial charge in [-0.05, 0) is 74.8 Å². The van der Waals surface area contributed by atoms with Gasteiger partial charge in [-0.3, -0.25) is 0 Å². The molecule has 0 aliphatic heterocycles. The van der Waals surface area contributed by atoms with Crippen LogP contribution >= 0.6 is 0 Å². The monoisotopic (exact) mass is 574 g/mol. The van der Waals surface area contributed by atoms with Gasteiger partial charge in [-0.15, -0.1) is 0 Å². The van der Waals surface area contributed by atoms with Crippen LogP contribution in [0.25, 0.3) is 12.2 Å². The first-order valence-electron chi connectivity index (χ1n) is 17.2. The summed E-state index contributed by atoms with van der Waals surface area (Å²) in [5, 5.41) is 0. The smallest absolute Gasteiger partial charge is 0.0991 e. The number of benzene rings is 1. The van der Waals surface area contributed by atoms with E-state index in [1.807, 2.05) is 12.2 Å². The molecule has 0 radical (unpaired) electrons. The fraction of sp³-hybridized carbons (Fsp3) is 0.429. The van der Waals surface area contributed by atoms with Gasteiger partial charge in [0.2, 0.25) is 0 Å². The van der Waals surface area contributed by atoms with Gasteiger partial charge in [0.1, 0.15) is 7.85 Å². The third kappa shape index (κ3) is 15.8. The van der Waals surface area contributed by atoms with Crippen molar-refractivity contribution >= 4 is 20.0 Å². The molecule has 0 nitrogen and oxygen atoms in total. The Bertz CT molecular complexity index is 1130. The molecule has 0 amide bonds. The summed E-state index contributed by atoms with van der Waals surface area (Å²) >= 11 is 0. The van der Waals surface area contributed by atoms with E-state index in [0.29, 0.717) is 11.7 Å². The maximum Gasteiger partial charge on any atom is 0.105 e. The Morgan fingerprint density at radius 1 is 0.837 bits per heavy atom. The van der Waals surface area contributed by atoms with Gasteiger partial charge in [-0.25, -0.2) is 0 Å². The summed E-state index contributed by atoms with van der Waals surface area (Å²) in [7, 11) is 2.40. The van der Waals surface area contributed by atoms with Gasteiger partial charge in [-0.1, -0.05) is 185 Å². The van der Waals surface area contributed by atoms with Crippen molar-refractivity contribution in [2.75, 3.05) is 0 Å². The molecule has 1 heteroatoms. The number of allylic oxidation sites excluding steroid dienone is 14. The topological polar surface area (TPSA) is 0 Å². The number of hydrogen-bond donors (Lipinski definition) is 0. The van der Waals surface area contributed by atoms with E-state index >= 15 is 0 Å². The van der Waals surface area contributed by atoms with E-state index in [1.54, 1.807) is 16.7 Å². The lowest BCUT2D eigenvalue weighted by atomic mass is 9.75. The molecule has 1 aliphatic carbocycles. The molecule has 230 valence electrons. The van der Waals surface area contributed by atoms with Crippen molar-refractivity contribution in [3.63, 3.8) is 0 Å². The molecule has 0 spiro atoms. The molecule has 0 heterocycles. The summed E-state index contributed by atoms with van der Waals surface area (Å²) in [5.74, 6) is 1.07. The van der Waals surface area contributed by atoms with E-state index in [2.05, 4.69) is 126 Å². The van der Waals surface area contributed by atoms with Crippen LogP contribution in [0.2, 0.25) is 5.82 Å². The molecule has 1 unspecified atom stereocenters. The van der Waals surface area contributed by atoms with Gasteiger partial charge >= 0.3 is 0 Å². The Balaban J connectivity index is 2.16. The highest BCUT2D eigenvalue weighted by molar-refractivity contribution is 6.11. The summed E-state index contributed by atoms with van der Waals surface area (Å²) in [6, 6.07) is 8.95. The highest BCUT2D eigenvalue weighted by Crippen LogP contribution is 2.29. The SMILES string of the molecule is BC(CC/C(=C\c1ccccc1/C=C/C/C1=C(\CCCCCC)C/C=C\C=C/C1)CCCC)CC(/C=C\C=C)/C=C\C=C. The molecule has 0 N–H and O–H groups in total. The second-order valence-electron chi connectivity index (χ2n) is 12.2. The standard InChI is InChI=1S/C42H59B/c1-5-9-13-16-25-38-26-17-14-15-18-27-39(38)30-21-31-40-28-19-20-29-41(40)34-37(24-12-8-4)32-33-42(43)35-36(22-10-6-2)23-11-7-3/h6-7,10-11,14-15,17-23,28-29,31,34,36,42H,2-3,5,8-9,12-13,16,24-27,30,32-33,35,43H2,1,4H3/b17-14-,18-15-,22-10-,23-11-,31-21+,37-34-,39-38+. The molecule has 0 aromatic heterocycles. The van der Waals surface area contributed by atoms with Crippen molar-refractivity contribution in [1.82, 2.24) is 0 Å². The van der Waals surface area contributed by atoms with Crippen molar-refractivity contribution in [2.45, 2.75) is 110 Å². The van der Waals surface area contributed by atoms with E-state index in [-0.39, 0.29) is 0 Å². The fourth-order valence-electron chi connectivity index (χ4n) is 5.83. The second kappa shape index (κ2) is 23.4. The van der Waals surface area contributed by atoms with Crippen LogP contribution in [0.1, 0.15) is 115 Å². The first-order chi connectivity index (χ1) is 21.1. The summed E-state index contributed by atoms with van der Waals surface area (Å²) in [5.41, 5.74) is 7.55. The zero-order valence-corrected chi connectivity index (χ0v) is 27.8. The lowest BCUT2D eigenvalue weighted by Gasteiger charge is -2.17. The minimum Gasteiger partial charge on any atom is -0.0991 e. The summed E-state index contributed by atoms with van der Waals surface area (Å²) in [4.78, 5) is 0. The Morgan fingerprint density at radius 2 is 1.51 bits per heavy atom. The normalized spacial score (nSPS) is 18.3. The summed E-state index contributed by atoms with van der Waals surface area (Å²) < 4.78 is 0. The molecule has 0 saturated heterocycles. The van der Waals surface area contributed by atoms with Crippen molar-refractivity contribution in [1.29, 1.82) is 0 Å². The van der Waals surface area contributed by atoms with Gasteiger partial charge < -0.3 is 0 Å². The predicted octanol–water partition coefficient (Wildman–Crippen LogP) is 12.5. The van der Waals surface area contributed by atoms with E-state index in [1.165, 1.54) is 68.9 Å². The van der Waals surface area contributed by atoms with Crippen molar-refractivity contribution in [2.24, 2.45) is 5.92 Å². The minimum atomic E-state index is 0.427. The van der Waals surface area contributed by atoms with E-state index in [4.69, 9.17) is 0 Å². The molecule has 2 rings (SSSR count). The van der Waals surface area contributed by atoms with Crippen LogP contribution in [0, 0.1) is 5.92 Å². The molecule has 1 aromatic carbocycles. The van der Waals surface area contributed by atoms with Gasteiger partial charge in [0.05, 0.1) is 0 Å².